The van der Waals surface area contributed by atoms with Gasteiger partial charge in [-0.15, -0.1) is 0 Å². The summed E-state index contributed by atoms with van der Waals surface area (Å²) in [5.74, 6) is 0. The van der Waals surface area contributed by atoms with Crippen molar-refractivity contribution in [3.63, 3.8) is 0 Å². The Balaban J connectivity index is -0.000000527. The molecular weight excluding hydrogens is 1590 g/mol. The van der Waals surface area contributed by atoms with Gasteiger partial charge in [-0.25, -0.2) is 0 Å². The predicted molar refractivity (Wildman–Crippen MR) is 361 cm³/mol. The van der Waals surface area contributed by atoms with Crippen LogP contribution in [0.4, 0.5) is 0 Å². The van der Waals surface area contributed by atoms with Gasteiger partial charge in [0.15, 0.2) is 0 Å². The minimum atomic E-state index is -3.87. The Kier molecular flexibility index (Phi) is 55.7. The van der Waals surface area contributed by atoms with Crippen LogP contribution in [-0.4, -0.2) is 356 Å². The van der Waals surface area contributed by atoms with Crippen LogP contribution >= 0.6 is 0 Å². The summed E-state index contributed by atoms with van der Waals surface area (Å²) in [7, 11) is -9.07. The van der Waals surface area contributed by atoms with E-state index in [0.717, 1.165) is 0 Å². The minimum absolute atomic E-state index is 1.18. The van der Waals surface area contributed by atoms with Crippen LogP contribution < -0.4 is 0 Å². The molecule has 2 heterocycles. The van der Waals surface area contributed by atoms with Crippen molar-refractivity contribution in [3.8, 4) is 0 Å². The highest BCUT2D eigenvalue weighted by molar-refractivity contribution is 6.88. The van der Waals surface area contributed by atoms with Crippen LogP contribution in [0.25, 0.3) is 0 Å². The fourth-order valence-electron chi connectivity index (χ4n) is 5.95. The van der Waals surface area contributed by atoms with E-state index in [-0.39, 0.29) is 0 Å². The van der Waals surface area contributed by atoms with Gasteiger partial charge in [-0.05, 0) is 13.1 Å². The molecule has 0 amide bonds. The Morgan fingerprint density at radius 1 is 0.305 bits per heavy atom. The molecule has 0 saturated carbocycles. The van der Waals surface area contributed by atoms with Crippen LogP contribution in [0.15, 0.2) is 0 Å². The zero-order valence-corrected chi connectivity index (χ0v) is 79.3. The van der Waals surface area contributed by atoms with Crippen LogP contribution in [0.2, 0.25) is 52.4 Å². The second-order valence-electron chi connectivity index (χ2n) is 17.8. The Morgan fingerprint density at radius 3 is 0.737 bits per heavy atom. The van der Waals surface area contributed by atoms with Gasteiger partial charge in [0.2, 0.25) is 0 Å². The van der Waals surface area contributed by atoms with E-state index in [4.69, 9.17) is 161 Å². The molecule has 0 aliphatic carbocycles. The highest BCUT2D eigenvalue weighted by Gasteiger charge is 2.62. The van der Waals surface area contributed by atoms with E-state index in [2.05, 4.69) is 22.3 Å². The van der Waals surface area contributed by atoms with Gasteiger partial charge < -0.3 is 178 Å². The molecule has 2 fully saturated rings. The third-order valence-corrected chi connectivity index (χ3v) is 58.1. The predicted octanol–water partition coefficient (Wildman–Crippen LogP) is -2.03. The first-order valence-electron chi connectivity index (χ1n) is 26.9. The zero-order valence-electron chi connectivity index (χ0n) is 61.5. The fourth-order valence-corrected chi connectivity index (χ4v) is 50.7. The zero-order chi connectivity index (χ0) is 74.9. The lowest BCUT2D eigenvalue weighted by atomic mass is 11.8. The minimum Gasteiger partial charge on any atom is -0.398 e. The first kappa shape index (κ1) is 103. The maximum atomic E-state index is 9.51. The molecule has 578 valence electrons. The smallest absolute Gasteiger partial charge is 0.398 e. The van der Waals surface area contributed by atoms with E-state index in [0.29, 0.717) is 0 Å². The number of hydrogen-bond donors (Lipinski definition) is 2. The van der Waals surface area contributed by atoms with E-state index in [9.17, 15) is 4.80 Å². The summed E-state index contributed by atoms with van der Waals surface area (Å²) in [5.41, 5.74) is 0. The maximum absolute atomic E-state index is 9.51. The topological polar surface area (TPSA) is 419 Å². The highest BCUT2D eigenvalue weighted by atomic mass is 28.6. The quantitative estimate of drug-likeness (QED) is 0.0382. The summed E-state index contributed by atoms with van der Waals surface area (Å²) < 4.78 is 214. The third kappa shape index (κ3) is 38.2. The van der Waals surface area contributed by atoms with Gasteiger partial charge in [0.05, 0.1) is 0 Å². The summed E-state index contributed by atoms with van der Waals surface area (Å²) in [6, 6.07) is 0. The van der Waals surface area contributed by atoms with E-state index in [1.807, 2.05) is 13.1 Å². The first-order valence-corrected chi connectivity index (χ1v) is 58.4. The Bertz CT molecular complexity index is 1690. The highest BCUT2D eigenvalue weighted by Crippen LogP contribution is 2.32. The normalized spacial score (nSPS) is 24.8. The largest absolute Gasteiger partial charge is 0.701 e. The molecule has 0 aromatic heterocycles. The van der Waals surface area contributed by atoms with Crippen LogP contribution in [0.1, 0.15) is 0 Å². The number of hydrogen-bond acceptors (Lipinski definition) is 43. The van der Waals surface area contributed by atoms with Crippen molar-refractivity contribution in [3.05, 3.63) is 0 Å². The summed E-state index contributed by atoms with van der Waals surface area (Å²) in [6.07, 6.45) is 0. The van der Waals surface area contributed by atoms with E-state index in [1.165, 1.54) is 185 Å². The molecule has 1 atom stereocenters. The van der Waals surface area contributed by atoms with Crippen molar-refractivity contribution in [1.82, 2.24) is 0 Å². The summed E-state index contributed by atoms with van der Waals surface area (Å²) >= 11 is 0. The SMILES string of the molecule is CO[SiH](OC)O[Si](OC)(OC)OC.CO[SiH]1O[SiH](OC)O[SiH](OC)O[SiH](OC)O1.CO[Si](C)(C)O[Si](C)(OC)O[Si](OC)(OC)OC.CO[Si](C)(OC)O[Si](OC)(OC)OC.CO[Si](O)(OC)O[Si](OC)(OC)OO.CO[Si]1(C)O[Si](C)(OC)O[Si](C)(OC)O[Si](C)(OC)O1. The van der Waals surface area contributed by atoms with Crippen LogP contribution in [0, 0.1) is 0 Å². The van der Waals surface area contributed by atoms with Crippen LogP contribution in [0.5, 0.6) is 0 Å². The van der Waals surface area contributed by atoms with E-state index >= 15 is 0 Å². The van der Waals surface area contributed by atoms with Crippen molar-refractivity contribution in [1.29, 1.82) is 0 Å². The van der Waals surface area contributed by atoms with Gasteiger partial charge in [-0.2, -0.15) is 4.58 Å². The fraction of sp³-hybridized carbons (Fsp3) is 1.00. The van der Waals surface area contributed by atoms with Crippen molar-refractivity contribution < 1.29 is 188 Å². The van der Waals surface area contributed by atoms with Gasteiger partial charge >= 0.3 is 154 Å². The monoisotopic (exact) mass is 1700 g/mol. The van der Waals surface area contributed by atoms with Crippen molar-refractivity contribution in [2.45, 2.75) is 52.4 Å². The van der Waals surface area contributed by atoms with Crippen LogP contribution in [0.3, 0.4) is 0 Å². The summed E-state index contributed by atoms with van der Waals surface area (Å²) in [6.45, 7) is 14.3. The maximum Gasteiger partial charge on any atom is 0.701 e. The first-order chi connectivity index (χ1) is 44.2. The Labute approximate surface area is 583 Å². The standard InChI is InChI=1S/C8H24O8Si4.C8H24O7Si3.C6H18O6Si2.C5H16O6Si2.C4H16O8Si4.C4H14O8Si2/c1-9-17(5)13-18(6,10-2)15-20(8,12-4)16-19(7,11-3)14-17;1-9-16(6,7)14-17(8,10-2)15-18(11-3,12-4)13-5;1-7-13(6,8-2)12-14(9-3,10-4)11-5;1-6-12(7-2)11-13(8-3,9-4)10-5;1-5-13-9-14(6-2)11-16(8-4)12-15(7-3)10-13;1-7-13(6,8-2)12-14(9-3,10-4)11-5/h1-8H3;1-8H3;1-6H3;12H,1-5H3;13-16H,1-4H3;5-6H,1-4H3. The Hall–Kier alpha value is 1.97. The molecule has 2 aliphatic rings. The molecule has 1 unspecified atom stereocenters. The van der Waals surface area contributed by atoms with E-state index < -0.39 is 154 Å². The molecule has 0 aromatic rings. The van der Waals surface area contributed by atoms with E-state index in [1.54, 1.807) is 46.4 Å². The lowest BCUT2D eigenvalue weighted by Gasteiger charge is -2.45. The molecule has 2 N–H and O–H groups in total. The second kappa shape index (κ2) is 51.2. The molecule has 2 saturated heterocycles. The van der Waals surface area contributed by atoms with Crippen molar-refractivity contribution in [2.75, 3.05) is 192 Å². The van der Waals surface area contributed by atoms with Crippen LogP contribution in [-0.2, 0) is 178 Å². The molecule has 95 heavy (non-hydrogen) atoms. The molecule has 2 rings (SSSR count). The third-order valence-electron chi connectivity index (χ3n) is 11.5. The molecule has 0 radical (unpaired) electrons. The summed E-state index contributed by atoms with van der Waals surface area (Å²) in [4.78, 5) is 9.51. The summed E-state index contributed by atoms with van der Waals surface area (Å²) in [5, 5.41) is 8.52. The molecule has 0 aromatic carbocycles. The Morgan fingerprint density at radius 2 is 0.558 bits per heavy atom. The van der Waals surface area contributed by atoms with Crippen molar-refractivity contribution in [2.24, 2.45) is 0 Å². The average molecular weight is 1700 g/mol. The molecular formula is C35H112O43Si17. The van der Waals surface area contributed by atoms with Gasteiger partial charge in [-0.1, -0.05) is 0 Å². The average Bonchev–Trinajstić information content (AvgIpc) is 0.776. The molecule has 2 aliphatic heterocycles. The van der Waals surface area contributed by atoms with Gasteiger partial charge in [-0.3, -0.25) is 5.26 Å². The lowest BCUT2D eigenvalue weighted by molar-refractivity contribution is -0.220. The lowest BCUT2D eigenvalue weighted by Crippen LogP contribution is -2.69. The molecule has 0 spiro atoms. The molecule has 0 bridgehead atoms. The molecule has 60 heteroatoms. The molecule has 43 nitrogen and oxygen atoms in total. The van der Waals surface area contributed by atoms with Gasteiger partial charge in [0.1, 0.15) is 0 Å². The van der Waals surface area contributed by atoms with Gasteiger partial charge in [0, 0.05) is 231 Å². The second-order valence-corrected chi connectivity index (χ2v) is 62.3. The van der Waals surface area contributed by atoms with Crippen molar-refractivity contribution >= 4 is 154 Å². The number of rotatable bonds is 38. The van der Waals surface area contributed by atoms with Gasteiger partial charge in [0.25, 0.3) is 0 Å².